The standard InChI is InChI=1S/C19H30N2O4/c1-6-10-24-16-9-8-15(12-17(16)25-11-7-2)19(23)21(5)13-18(22)20-14(3)4/h8-9,12,14H,6-7,10-11,13H2,1-5H3,(H,20,22). The van der Waals surface area contributed by atoms with Gasteiger partial charge in [-0.15, -0.1) is 0 Å². The maximum absolute atomic E-state index is 12.6. The molecule has 1 aromatic carbocycles. The van der Waals surface area contributed by atoms with Gasteiger partial charge in [-0.05, 0) is 44.9 Å². The van der Waals surface area contributed by atoms with E-state index in [-0.39, 0.29) is 24.4 Å². The van der Waals surface area contributed by atoms with Gasteiger partial charge in [0, 0.05) is 18.7 Å². The third kappa shape index (κ3) is 7.03. The lowest BCUT2D eigenvalue weighted by atomic mass is 10.1. The number of hydrogen-bond acceptors (Lipinski definition) is 4. The van der Waals surface area contributed by atoms with E-state index in [9.17, 15) is 9.59 Å². The van der Waals surface area contributed by atoms with Crippen molar-refractivity contribution in [1.29, 1.82) is 0 Å². The third-order valence-corrected chi connectivity index (χ3v) is 3.29. The second-order valence-corrected chi connectivity index (χ2v) is 6.24. The van der Waals surface area contributed by atoms with E-state index in [1.807, 2.05) is 27.7 Å². The van der Waals surface area contributed by atoms with Crippen LogP contribution in [0.25, 0.3) is 0 Å². The highest BCUT2D eigenvalue weighted by atomic mass is 16.5. The molecule has 0 aromatic heterocycles. The minimum absolute atomic E-state index is 0.0102. The first kappa shape index (κ1) is 20.8. The van der Waals surface area contributed by atoms with E-state index in [1.54, 1.807) is 25.2 Å². The fraction of sp³-hybridized carbons (Fsp3) is 0.579. The molecule has 0 bridgehead atoms. The summed E-state index contributed by atoms with van der Waals surface area (Å²) in [6, 6.07) is 5.17. The summed E-state index contributed by atoms with van der Waals surface area (Å²) in [5.74, 6) is 0.770. The van der Waals surface area contributed by atoms with Crippen LogP contribution in [0.4, 0.5) is 0 Å². The van der Waals surface area contributed by atoms with E-state index in [2.05, 4.69) is 5.32 Å². The monoisotopic (exact) mass is 350 g/mol. The molecule has 0 fully saturated rings. The van der Waals surface area contributed by atoms with Gasteiger partial charge in [0.1, 0.15) is 0 Å². The molecule has 6 heteroatoms. The minimum atomic E-state index is -0.234. The lowest BCUT2D eigenvalue weighted by Crippen LogP contribution is -2.40. The summed E-state index contributed by atoms with van der Waals surface area (Å²) < 4.78 is 11.4. The number of nitrogens with one attached hydrogen (secondary N) is 1. The van der Waals surface area contributed by atoms with Crippen LogP contribution >= 0.6 is 0 Å². The molecule has 0 saturated heterocycles. The zero-order valence-corrected chi connectivity index (χ0v) is 15.9. The minimum Gasteiger partial charge on any atom is -0.490 e. The lowest BCUT2D eigenvalue weighted by Gasteiger charge is -2.19. The topological polar surface area (TPSA) is 67.9 Å². The number of nitrogens with zero attached hydrogens (tertiary/aromatic N) is 1. The molecule has 0 atom stereocenters. The molecule has 0 spiro atoms. The van der Waals surface area contributed by atoms with Gasteiger partial charge in [0.15, 0.2) is 11.5 Å². The Labute approximate surface area is 150 Å². The zero-order chi connectivity index (χ0) is 18.8. The van der Waals surface area contributed by atoms with E-state index >= 15 is 0 Å². The van der Waals surface area contributed by atoms with Gasteiger partial charge in [-0.3, -0.25) is 9.59 Å². The van der Waals surface area contributed by atoms with Crippen molar-refractivity contribution >= 4 is 11.8 Å². The first-order valence-electron chi connectivity index (χ1n) is 8.83. The lowest BCUT2D eigenvalue weighted by molar-refractivity contribution is -0.122. The van der Waals surface area contributed by atoms with E-state index in [4.69, 9.17) is 9.47 Å². The van der Waals surface area contributed by atoms with Crippen molar-refractivity contribution in [3.8, 4) is 11.5 Å². The van der Waals surface area contributed by atoms with Crippen LogP contribution in [-0.4, -0.2) is 49.6 Å². The Bertz CT molecular complexity index is 573. The average molecular weight is 350 g/mol. The first-order valence-corrected chi connectivity index (χ1v) is 8.83. The van der Waals surface area contributed by atoms with Gasteiger partial charge in [0.25, 0.3) is 5.91 Å². The number of carbonyl (C=O) groups excluding carboxylic acids is 2. The molecular weight excluding hydrogens is 320 g/mol. The van der Waals surface area contributed by atoms with Crippen LogP contribution in [0.5, 0.6) is 11.5 Å². The Kier molecular flexibility index (Phi) is 8.81. The van der Waals surface area contributed by atoms with Crippen LogP contribution in [0.1, 0.15) is 50.9 Å². The summed E-state index contributed by atoms with van der Waals surface area (Å²) in [6.45, 7) is 8.95. The quantitative estimate of drug-likeness (QED) is 0.704. The van der Waals surface area contributed by atoms with Crippen molar-refractivity contribution in [1.82, 2.24) is 10.2 Å². The van der Waals surface area contributed by atoms with Crippen molar-refractivity contribution in [3.63, 3.8) is 0 Å². The van der Waals surface area contributed by atoms with Gasteiger partial charge in [-0.1, -0.05) is 13.8 Å². The number of carbonyl (C=O) groups is 2. The van der Waals surface area contributed by atoms with E-state index < -0.39 is 0 Å². The summed E-state index contributed by atoms with van der Waals surface area (Å²) in [4.78, 5) is 25.8. The van der Waals surface area contributed by atoms with Gasteiger partial charge in [-0.25, -0.2) is 0 Å². The highest BCUT2D eigenvalue weighted by Crippen LogP contribution is 2.29. The van der Waals surface area contributed by atoms with Crippen molar-refractivity contribution in [3.05, 3.63) is 23.8 Å². The Hall–Kier alpha value is -2.24. The van der Waals surface area contributed by atoms with Crippen LogP contribution in [0, 0.1) is 0 Å². The van der Waals surface area contributed by atoms with Gasteiger partial charge in [0.05, 0.1) is 19.8 Å². The molecule has 25 heavy (non-hydrogen) atoms. The Balaban J connectivity index is 2.87. The van der Waals surface area contributed by atoms with E-state index in [0.29, 0.717) is 30.3 Å². The number of likely N-dealkylation sites (N-methyl/N-ethyl adjacent to an activating group) is 1. The van der Waals surface area contributed by atoms with Gasteiger partial charge in [-0.2, -0.15) is 0 Å². The Morgan fingerprint density at radius 2 is 1.68 bits per heavy atom. The highest BCUT2D eigenvalue weighted by molar-refractivity contribution is 5.96. The number of ether oxygens (including phenoxy) is 2. The predicted molar refractivity (Wildman–Crippen MR) is 98.3 cm³/mol. The van der Waals surface area contributed by atoms with E-state index in [0.717, 1.165) is 12.8 Å². The molecule has 0 heterocycles. The SMILES string of the molecule is CCCOc1ccc(C(=O)N(C)CC(=O)NC(C)C)cc1OCCC. The normalized spacial score (nSPS) is 10.5. The van der Waals surface area contributed by atoms with Crippen molar-refractivity contribution < 1.29 is 19.1 Å². The van der Waals surface area contributed by atoms with Crippen LogP contribution in [0.2, 0.25) is 0 Å². The first-order chi connectivity index (χ1) is 11.9. The van der Waals surface area contributed by atoms with Crippen LogP contribution in [0.3, 0.4) is 0 Å². The molecule has 0 radical (unpaired) electrons. The molecule has 0 saturated carbocycles. The predicted octanol–water partition coefficient (Wildman–Crippen LogP) is 2.86. The van der Waals surface area contributed by atoms with Gasteiger partial charge < -0.3 is 19.7 Å². The van der Waals surface area contributed by atoms with Crippen molar-refractivity contribution in [2.45, 2.75) is 46.6 Å². The van der Waals surface area contributed by atoms with Crippen LogP contribution in [-0.2, 0) is 4.79 Å². The molecule has 0 aliphatic rings. The molecule has 140 valence electrons. The molecule has 0 aliphatic heterocycles. The van der Waals surface area contributed by atoms with Gasteiger partial charge >= 0.3 is 0 Å². The molecule has 0 unspecified atom stereocenters. The molecule has 0 aliphatic carbocycles. The molecule has 1 aromatic rings. The largest absolute Gasteiger partial charge is 0.490 e. The summed E-state index contributed by atoms with van der Waals surface area (Å²) in [5, 5.41) is 2.77. The Morgan fingerprint density at radius 1 is 1.08 bits per heavy atom. The number of rotatable bonds is 10. The average Bonchev–Trinajstić information content (AvgIpc) is 2.56. The smallest absolute Gasteiger partial charge is 0.254 e. The number of amides is 2. The number of hydrogen-bond donors (Lipinski definition) is 1. The maximum Gasteiger partial charge on any atom is 0.254 e. The fourth-order valence-corrected chi connectivity index (χ4v) is 2.17. The summed E-state index contributed by atoms with van der Waals surface area (Å²) in [7, 11) is 1.61. The molecule has 6 nitrogen and oxygen atoms in total. The second-order valence-electron chi connectivity index (χ2n) is 6.24. The molecule has 2 amide bonds. The third-order valence-electron chi connectivity index (χ3n) is 3.29. The maximum atomic E-state index is 12.6. The zero-order valence-electron chi connectivity index (χ0n) is 15.9. The van der Waals surface area contributed by atoms with Gasteiger partial charge in [0.2, 0.25) is 5.91 Å². The molecule has 1 rings (SSSR count). The fourth-order valence-electron chi connectivity index (χ4n) is 2.17. The molecular formula is C19H30N2O4. The summed E-state index contributed by atoms with van der Waals surface area (Å²) >= 11 is 0. The van der Waals surface area contributed by atoms with E-state index in [1.165, 1.54) is 4.90 Å². The summed E-state index contributed by atoms with van der Waals surface area (Å²) in [5.41, 5.74) is 0.467. The second kappa shape index (κ2) is 10.6. The van der Waals surface area contributed by atoms with Crippen LogP contribution < -0.4 is 14.8 Å². The number of benzene rings is 1. The highest BCUT2D eigenvalue weighted by Gasteiger charge is 2.17. The summed E-state index contributed by atoms with van der Waals surface area (Å²) in [6.07, 6.45) is 1.75. The van der Waals surface area contributed by atoms with Crippen LogP contribution in [0.15, 0.2) is 18.2 Å². The van der Waals surface area contributed by atoms with Crippen molar-refractivity contribution in [2.24, 2.45) is 0 Å². The van der Waals surface area contributed by atoms with Crippen molar-refractivity contribution in [2.75, 3.05) is 26.8 Å². The Morgan fingerprint density at radius 3 is 2.24 bits per heavy atom. The molecule has 1 N–H and O–H groups in total.